The van der Waals surface area contributed by atoms with Crippen LogP contribution in [0.4, 0.5) is 5.69 Å². The predicted molar refractivity (Wildman–Crippen MR) is 93.6 cm³/mol. The number of nitrogens with zero attached hydrogens (tertiary/aromatic N) is 2. The zero-order chi connectivity index (χ0) is 17.6. The first-order valence-electron chi connectivity index (χ1n) is 7.76. The van der Waals surface area contributed by atoms with Gasteiger partial charge < -0.3 is 9.84 Å². The average Bonchev–Trinajstić information content (AvgIpc) is 3.42. The zero-order valence-electron chi connectivity index (χ0n) is 13.0. The summed E-state index contributed by atoms with van der Waals surface area (Å²) in [6, 6.07) is 9.59. The van der Waals surface area contributed by atoms with Gasteiger partial charge >= 0.3 is 0 Å². The van der Waals surface area contributed by atoms with E-state index < -0.39 is 4.92 Å². The molecule has 0 unspecified atom stereocenters. The zero-order valence-corrected chi connectivity index (χ0v) is 13.7. The Labute approximate surface area is 147 Å². The van der Waals surface area contributed by atoms with Crippen LogP contribution < -0.4 is 4.74 Å². The summed E-state index contributed by atoms with van der Waals surface area (Å²) in [5, 5.41) is 21.8. The summed E-state index contributed by atoms with van der Waals surface area (Å²) in [5.41, 5.74) is 1.80. The minimum absolute atomic E-state index is 0.0107. The highest BCUT2D eigenvalue weighted by atomic mass is 35.5. The lowest BCUT2D eigenvalue weighted by molar-refractivity contribution is -0.384. The van der Waals surface area contributed by atoms with Crippen LogP contribution in [0, 0.1) is 10.1 Å². The molecule has 1 N–H and O–H groups in total. The average molecular weight is 357 g/mol. The van der Waals surface area contributed by atoms with Crippen molar-refractivity contribution in [1.82, 2.24) is 4.98 Å². The Morgan fingerprint density at radius 3 is 2.72 bits per heavy atom. The third kappa shape index (κ3) is 2.96. The summed E-state index contributed by atoms with van der Waals surface area (Å²) in [6.45, 7) is 0. The summed E-state index contributed by atoms with van der Waals surface area (Å²) < 4.78 is 5.71. The number of rotatable bonds is 4. The van der Waals surface area contributed by atoms with Crippen molar-refractivity contribution in [2.24, 2.45) is 0 Å². The maximum absolute atomic E-state index is 10.8. The van der Waals surface area contributed by atoms with E-state index in [0.29, 0.717) is 11.7 Å². The fourth-order valence-corrected chi connectivity index (χ4v) is 3.10. The third-order valence-corrected chi connectivity index (χ3v) is 4.48. The summed E-state index contributed by atoms with van der Waals surface area (Å²) in [6.07, 6.45) is 4.13. The van der Waals surface area contributed by atoms with Gasteiger partial charge in [0.25, 0.3) is 5.69 Å². The highest BCUT2D eigenvalue weighted by Gasteiger charge is 2.25. The van der Waals surface area contributed by atoms with Crippen LogP contribution in [-0.2, 0) is 0 Å². The minimum atomic E-state index is -0.626. The monoisotopic (exact) mass is 356 g/mol. The molecule has 1 saturated carbocycles. The van der Waals surface area contributed by atoms with E-state index in [1.807, 2.05) is 18.2 Å². The number of ether oxygens (including phenoxy) is 1. The number of fused-ring (bicyclic) bond motifs is 1. The van der Waals surface area contributed by atoms with E-state index in [1.165, 1.54) is 18.4 Å². The number of benzene rings is 2. The van der Waals surface area contributed by atoms with Crippen LogP contribution in [0.25, 0.3) is 10.9 Å². The summed E-state index contributed by atoms with van der Waals surface area (Å²) >= 11 is 6.04. The fraction of sp³-hybridized carbons (Fsp3) is 0.167. The van der Waals surface area contributed by atoms with Crippen LogP contribution in [0.1, 0.15) is 24.3 Å². The van der Waals surface area contributed by atoms with Gasteiger partial charge in [0.15, 0.2) is 11.5 Å². The predicted octanol–water partition coefficient (Wildman–Crippen LogP) is 5.17. The lowest BCUT2D eigenvalue weighted by atomic mass is 10.1. The Morgan fingerprint density at radius 2 is 2.04 bits per heavy atom. The molecule has 0 saturated heterocycles. The maximum Gasteiger partial charge on any atom is 0.274 e. The molecule has 0 bridgehead atoms. The molecule has 1 fully saturated rings. The van der Waals surface area contributed by atoms with Crippen molar-refractivity contribution in [3.05, 3.63) is 63.3 Å². The minimum Gasteiger partial charge on any atom is -0.504 e. The van der Waals surface area contributed by atoms with E-state index in [0.717, 1.165) is 23.0 Å². The molecule has 1 heterocycles. The van der Waals surface area contributed by atoms with Crippen molar-refractivity contribution >= 4 is 28.2 Å². The van der Waals surface area contributed by atoms with E-state index in [-0.39, 0.29) is 22.2 Å². The molecule has 0 aliphatic heterocycles. The van der Waals surface area contributed by atoms with Crippen LogP contribution in [-0.4, -0.2) is 15.0 Å². The number of halogens is 1. The summed E-state index contributed by atoms with van der Waals surface area (Å²) in [7, 11) is 0. The van der Waals surface area contributed by atoms with Gasteiger partial charge in [-0.2, -0.15) is 0 Å². The van der Waals surface area contributed by atoms with Crippen molar-refractivity contribution in [3.63, 3.8) is 0 Å². The van der Waals surface area contributed by atoms with Gasteiger partial charge in [0.2, 0.25) is 0 Å². The van der Waals surface area contributed by atoms with Gasteiger partial charge in [-0.1, -0.05) is 11.6 Å². The van der Waals surface area contributed by atoms with Gasteiger partial charge in [0, 0.05) is 17.6 Å². The molecule has 1 aliphatic carbocycles. The normalized spacial score (nSPS) is 13.8. The molecule has 3 aromatic rings. The second-order valence-corrected chi connectivity index (χ2v) is 6.40. The molecule has 4 rings (SSSR count). The van der Waals surface area contributed by atoms with Gasteiger partial charge in [0.1, 0.15) is 5.75 Å². The fourth-order valence-electron chi connectivity index (χ4n) is 2.85. The summed E-state index contributed by atoms with van der Waals surface area (Å²) in [5.74, 6) is 0.641. The number of pyridine rings is 1. The standard InChI is InChI=1S/C18H13ClN2O4/c19-15-7-11(21(23)24)8-17(22)18(15)25-12-3-4-16-14(9-12)13(5-6-20-16)10-1-2-10/h3-10,22H,1-2H2. The van der Waals surface area contributed by atoms with Crippen LogP contribution in [0.3, 0.4) is 0 Å². The smallest absolute Gasteiger partial charge is 0.274 e. The second-order valence-electron chi connectivity index (χ2n) is 5.99. The lowest BCUT2D eigenvalue weighted by Gasteiger charge is -2.11. The van der Waals surface area contributed by atoms with Crippen molar-refractivity contribution in [2.75, 3.05) is 0 Å². The highest BCUT2D eigenvalue weighted by Crippen LogP contribution is 2.44. The first-order valence-corrected chi connectivity index (χ1v) is 8.14. The van der Waals surface area contributed by atoms with Gasteiger partial charge in [0.05, 0.1) is 21.5 Å². The number of nitro benzene ring substituents is 1. The topological polar surface area (TPSA) is 85.5 Å². The number of phenols is 1. The molecule has 126 valence electrons. The summed E-state index contributed by atoms with van der Waals surface area (Å²) in [4.78, 5) is 14.6. The quantitative estimate of drug-likeness (QED) is 0.514. The highest BCUT2D eigenvalue weighted by molar-refractivity contribution is 6.32. The molecule has 7 heteroatoms. The number of phenolic OH excluding ortho intramolecular Hbond substituents is 1. The first kappa shape index (κ1) is 15.7. The first-order chi connectivity index (χ1) is 12.0. The number of aromatic hydroxyl groups is 1. The third-order valence-electron chi connectivity index (χ3n) is 4.20. The number of hydrogen-bond acceptors (Lipinski definition) is 5. The Morgan fingerprint density at radius 1 is 1.24 bits per heavy atom. The molecule has 1 aromatic heterocycles. The molecular weight excluding hydrogens is 344 g/mol. The van der Waals surface area contributed by atoms with Gasteiger partial charge in [-0.3, -0.25) is 15.1 Å². The van der Waals surface area contributed by atoms with Crippen molar-refractivity contribution < 1.29 is 14.8 Å². The molecule has 1 aliphatic rings. The molecule has 0 radical (unpaired) electrons. The van der Waals surface area contributed by atoms with E-state index in [9.17, 15) is 15.2 Å². The van der Waals surface area contributed by atoms with Crippen LogP contribution in [0.2, 0.25) is 5.02 Å². The number of hydrogen-bond donors (Lipinski definition) is 1. The molecule has 0 amide bonds. The maximum atomic E-state index is 10.8. The second kappa shape index (κ2) is 5.89. The van der Waals surface area contributed by atoms with E-state index in [2.05, 4.69) is 4.98 Å². The van der Waals surface area contributed by atoms with E-state index in [1.54, 1.807) is 12.3 Å². The van der Waals surface area contributed by atoms with E-state index in [4.69, 9.17) is 16.3 Å². The van der Waals surface area contributed by atoms with Crippen LogP contribution in [0.5, 0.6) is 17.2 Å². The molecular formula is C18H13ClN2O4. The van der Waals surface area contributed by atoms with Gasteiger partial charge in [-0.15, -0.1) is 0 Å². The number of nitro groups is 1. The van der Waals surface area contributed by atoms with Crippen molar-refractivity contribution in [2.45, 2.75) is 18.8 Å². The Balaban J connectivity index is 1.74. The van der Waals surface area contributed by atoms with Crippen molar-refractivity contribution in [1.29, 1.82) is 0 Å². The largest absolute Gasteiger partial charge is 0.504 e. The molecule has 25 heavy (non-hydrogen) atoms. The molecule has 2 aromatic carbocycles. The van der Waals surface area contributed by atoms with Crippen LogP contribution in [0.15, 0.2) is 42.6 Å². The molecule has 0 atom stereocenters. The molecule has 0 spiro atoms. The van der Waals surface area contributed by atoms with E-state index >= 15 is 0 Å². The van der Waals surface area contributed by atoms with Crippen molar-refractivity contribution in [3.8, 4) is 17.2 Å². The van der Waals surface area contributed by atoms with Crippen LogP contribution >= 0.6 is 11.6 Å². The van der Waals surface area contributed by atoms with Gasteiger partial charge in [-0.25, -0.2) is 0 Å². The van der Waals surface area contributed by atoms with Gasteiger partial charge in [-0.05, 0) is 48.6 Å². The Bertz CT molecular complexity index is 979. The number of aromatic nitrogens is 1. The Hall–Kier alpha value is -2.86. The number of non-ortho nitro benzene ring substituents is 1. The Kier molecular flexibility index (Phi) is 3.69. The SMILES string of the molecule is O=[N+]([O-])c1cc(O)c(Oc2ccc3nccc(C4CC4)c3c2)c(Cl)c1. The molecule has 6 nitrogen and oxygen atoms in total. The lowest BCUT2D eigenvalue weighted by Crippen LogP contribution is -1.92.